The fourth-order valence-corrected chi connectivity index (χ4v) is 5.46. The van der Waals surface area contributed by atoms with E-state index < -0.39 is 120 Å². The summed E-state index contributed by atoms with van der Waals surface area (Å²) in [5.74, 6) is -10.0. The Bertz CT molecular complexity index is 1370. The van der Waals surface area contributed by atoms with Crippen molar-refractivity contribution in [3.63, 3.8) is 0 Å². The monoisotopic (exact) mass is 739 g/mol. The number of likely N-dealkylation sites (tertiary alicyclic amines) is 1. The highest BCUT2D eigenvalue weighted by molar-refractivity contribution is 6.38. The van der Waals surface area contributed by atoms with Crippen LogP contribution in [0.1, 0.15) is 87.0 Å². The molecule has 19 heteroatoms. The molecule has 0 unspecified atom stereocenters. The Balaban J connectivity index is 3.16. The van der Waals surface area contributed by atoms with Gasteiger partial charge in [-0.05, 0) is 44.4 Å². The molecule has 1 saturated heterocycles. The highest BCUT2D eigenvalue weighted by atomic mass is 16.4. The topological polar surface area (TPSA) is 287 Å². The van der Waals surface area contributed by atoms with Crippen LogP contribution < -0.4 is 31.9 Å². The van der Waals surface area contributed by atoms with Gasteiger partial charge in [-0.25, -0.2) is 0 Å². The number of carbonyl (C=O) groups excluding carboxylic acids is 8. The van der Waals surface area contributed by atoms with E-state index in [1.54, 1.807) is 34.6 Å². The van der Waals surface area contributed by atoms with Gasteiger partial charge in [0.25, 0.3) is 5.91 Å². The van der Waals surface area contributed by atoms with E-state index in [1.165, 1.54) is 18.7 Å². The predicted molar refractivity (Wildman–Crippen MR) is 183 cm³/mol. The standard InChI is InChI=1S/C33H53N7O12/c1-8-10-20(27(46)32(51)34-15-24(44)45)36-30(49)22-11-9-14-40(22)33(52)26(17(4)5)39-31(50)25(16(2)3)38-29(48)21(12-13-23(42)43)37-28(47)18(6)35-19(7)41/h16-18,20-22,25-26H,8-15H2,1-7H3,(H,34,51)(H,35,41)(H,36,49)(H,37,47)(H,38,48)(H,39,50)(H,42,43)(H,44,45)/t18-,20-,21-,22-,25-,26-/m0/s1. The Hall–Kier alpha value is -5.10. The summed E-state index contributed by atoms with van der Waals surface area (Å²) in [5, 5.41) is 32.5. The van der Waals surface area contributed by atoms with Crippen LogP contribution in [0.3, 0.4) is 0 Å². The number of Topliss-reactive ketones (excluding diaryl/α,β-unsaturated/α-hetero) is 1. The van der Waals surface area contributed by atoms with Crippen LogP contribution in [0, 0.1) is 11.8 Å². The van der Waals surface area contributed by atoms with Crippen molar-refractivity contribution in [2.45, 2.75) is 123 Å². The minimum atomic E-state index is -1.38. The molecule has 1 fully saturated rings. The van der Waals surface area contributed by atoms with Gasteiger partial charge >= 0.3 is 11.9 Å². The van der Waals surface area contributed by atoms with Crippen LogP contribution in [0.15, 0.2) is 0 Å². The third-order valence-corrected chi connectivity index (χ3v) is 8.24. The van der Waals surface area contributed by atoms with Gasteiger partial charge < -0.3 is 47.0 Å². The molecule has 0 saturated carbocycles. The van der Waals surface area contributed by atoms with Gasteiger partial charge in [-0.3, -0.25) is 47.9 Å². The molecule has 0 aromatic carbocycles. The fraction of sp³-hybridized carbons (Fsp3) is 0.697. The molecule has 0 aromatic heterocycles. The summed E-state index contributed by atoms with van der Waals surface area (Å²) in [6.45, 7) is 10.2. The summed E-state index contributed by atoms with van der Waals surface area (Å²) in [6.07, 6.45) is 0.300. The second kappa shape index (κ2) is 21.3. The second-order valence-corrected chi connectivity index (χ2v) is 13.4. The molecule has 1 aliphatic rings. The summed E-state index contributed by atoms with van der Waals surface area (Å²) < 4.78 is 0. The van der Waals surface area contributed by atoms with Crippen LogP contribution in [0.2, 0.25) is 0 Å². The van der Waals surface area contributed by atoms with Gasteiger partial charge in [0.15, 0.2) is 0 Å². The Morgan fingerprint density at radius 3 is 1.83 bits per heavy atom. The van der Waals surface area contributed by atoms with Crippen LogP contribution >= 0.6 is 0 Å². The van der Waals surface area contributed by atoms with E-state index in [4.69, 9.17) is 5.11 Å². The predicted octanol–water partition coefficient (Wildman–Crippen LogP) is -1.81. The third kappa shape index (κ3) is 14.3. The number of hydrogen-bond donors (Lipinski definition) is 8. The first-order chi connectivity index (χ1) is 24.2. The zero-order valence-corrected chi connectivity index (χ0v) is 30.7. The number of carboxylic acid groups (broad SMARTS) is 2. The number of carbonyl (C=O) groups is 10. The summed E-state index contributed by atoms with van der Waals surface area (Å²) in [5.41, 5.74) is 0. The fourth-order valence-electron chi connectivity index (χ4n) is 5.46. The van der Waals surface area contributed by atoms with Crippen molar-refractivity contribution in [3.8, 4) is 0 Å². The van der Waals surface area contributed by atoms with E-state index in [0.29, 0.717) is 12.8 Å². The van der Waals surface area contributed by atoms with Gasteiger partial charge in [-0.2, -0.15) is 0 Å². The molecule has 19 nitrogen and oxygen atoms in total. The largest absolute Gasteiger partial charge is 0.481 e. The number of amides is 7. The molecule has 1 heterocycles. The number of nitrogens with zero attached hydrogens (tertiary/aromatic N) is 1. The van der Waals surface area contributed by atoms with E-state index in [9.17, 15) is 53.1 Å². The molecule has 1 aliphatic heterocycles. The number of carboxylic acids is 2. The van der Waals surface area contributed by atoms with E-state index >= 15 is 0 Å². The number of rotatable bonds is 21. The average molecular weight is 740 g/mol. The minimum absolute atomic E-state index is 0.0773. The zero-order chi connectivity index (χ0) is 39.9. The molecule has 52 heavy (non-hydrogen) atoms. The van der Waals surface area contributed by atoms with Crippen molar-refractivity contribution in [1.82, 2.24) is 36.8 Å². The van der Waals surface area contributed by atoms with Crippen molar-refractivity contribution in [1.29, 1.82) is 0 Å². The molecule has 8 N–H and O–H groups in total. The van der Waals surface area contributed by atoms with Crippen LogP contribution in [0.25, 0.3) is 0 Å². The highest BCUT2D eigenvalue weighted by Gasteiger charge is 2.41. The normalized spacial score (nSPS) is 16.8. The Morgan fingerprint density at radius 2 is 1.31 bits per heavy atom. The first kappa shape index (κ1) is 44.9. The molecular formula is C33H53N7O12. The van der Waals surface area contributed by atoms with Gasteiger partial charge in [-0.1, -0.05) is 41.0 Å². The van der Waals surface area contributed by atoms with E-state index in [1.807, 2.05) is 5.32 Å². The quantitative estimate of drug-likeness (QED) is 0.0605. The molecule has 1 rings (SSSR count). The van der Waals surface area contributed by atoms with Gasteiger partial charge in [0.1, 0.15) is 36.8 Å². The molecule has 0 aromatic rings. The first-order valence-electron chi connectivity index (χ1n) is 17.3. The summed E-state index contributed by atoms with van der Waals surface area (Å²) >= 11 is 0. The van der Waals surface area contributed by atoms with Crippen molar-refractivity contribution >= 4 is 59.1 Å². The average Bonchev–Trinajstić information content (AvgIpc) is 3.55. The maximum atomic E-state index is 13.9. The van der Waals surface area contributed by atoms with E-state index in [0.717, 1.165) is 0 Å². The van der Waals surface area contributed by atoms with Gasteiger partial charge in [0.2, 0.25) is 41.2 Å². The van der Waals surface area contributed by atoms with Gasteiger partial charge in [0, 0.05) is 19.9 Å². The van der Waals surface area contributed by atoms with Crippen LogP contribution in [-0.4, -0.2) is 124 Å². The number of aliphatic carboxylic acids is 2. The Labute approximate surface area is 302 Å². The molecule has 0 aliphatic carbocycles. The van der Waals surface area contributed by atoms with Gasteiger partial charge in [0.05, 0.1) is 6.04 Å². The highest BCUT2D eigenvalue weighted by Crippen LogP contribution is 2.21. The number of ketones is 1. The first-order valence-corrected chi connectivity index (χ1v) is 17.3. The van der Waals surface area contributed by atoms with Crippen LogP contribution in [0.5, 0.6) is 0 Å². The Kier molecular flexibility index (Phi) is 18.4. The molecule has 0 spiro atoms. The van der Waals surface area contributed by atoms with Crippen molar-refractivity contribution in [3.05, 3.63) is 0 Å². The molecule has 292 valence electrons. The lowest BCUT2D eigenvalue weighted by atomic mass is 9.98. The lowest BCUT2D eigenvalue weighted by Crippen LogP contribution is -2.61. The van der Waals surface area contributed by atoms with Crippen molar-refractivity contribution in [2.75, 3.05) is 13.1 Å². The number of hydrogen-bond acceptors (Lipinski definition) is 10. The SMILES string of the molecule is CCC[C@H](NC(=O)[C@@H]1CCCN1C(=O)[C@@H](NC(=O)[C@@H](NC(=O)[C@H](CCC(=O)O)NC(=O)[C@H](C)NC(C)=O)C(C)C)C(C)C)C(=O)C(=O)NCC(=O)O. The molecule has 6 atom stereocenters. The van der Waals surface area contributed by atoms with Crippen LogP contribution in [0.4, 0.5) is 0 Å². The van der Waals surface area contributed by atoms with Gasteiger partial charge in [-0.15, -0.1) is 0 Å². The minimum Gasteiger partial charge on any atom is -0.481 e. The Morgan fingerprint density at radius 1 is 0.712 bits per heavy atom. The van der Waals surface area contributed by atoms with Crippen LogP contribution in [-0.2, 0) is 47.9 Å². The molecule has 0 bridgehead atoms. The smallest absolute Gasteiger partial charge is 0.322 e. The maximum absolute atomic E-state index is 13.9. The molecular weight excluding hydrogens is 686 g/mol. The lowest BCUT2D eigenvalue weighted by Gasteiger charge is -2.33. The van der Waals surface area contributed by atoms with Crippen molar-refractivity contribution in [2.24, 2.45) is 11.8 Å². The third-order valence-electron chi connectivity index (χ3n) is 8.24. The maximum Gasteiger partial charge on any atom is 0.322 e. The molecule has 7 amide bonds. The van der Waals surface area contributed by atoms with Crippen molar-refractivity contribution < 1.29 is 58.2 Å². The zero-order valence-electron chi connectivity index (χ0n) is 30.7. The second-order valence-electron chi connectivity index (χ2n) is 13.4. The molecule has 0 radical (unpaired) electrons. The lowest BCUT2D eigenvalue weighted by molar-refractivity contribution is -0.145. The van der Waals surface area contributed by atoms with E-state index in [2.05, 4.69) is 26.6 Å². The summed E-state index contributed by atoms with van der Waals surface area (Å²) in [6, 6.07) is -7.15. The number of nitrogens with one attached hydrogen (secondary N) is 6. The van der Waals surface area contributed by atoms with E-state index in [-0.39, 0.29) is 25.8 Å². The summed E-state index contributed by atoms with van der Waals surface area (Å²) in [7, 11) is 0. The summed E-state index contributed by atoms with van der Waals surface area (Å²) in [4.78, 5) is 127.